The Bertz CT molecular complexity index is 382. The third-order valence-corrected chi connectivity index (χ3v) is 2.65. The summed E-state index contributed by atoms with van der Waals surface area (Å²) in [7, 11) is 0. The van der Waals surface area contributed by atoms with Crippen LogP contribution in [0.25, 0.3) is 0 Å². The van der Waals surface area contributed by atoms with Crippen LogP contribution in [0.2, 0.25) is 5.02 Å². The fourth-order valence-corrected chi connectivity index (χ4v) is 1.67. The monoisotopic (exact) mass is 242 g/mol. The SMILES string of the molecule is CCCN(CC(=O)O)c1nccc(C)c1Cl. The van der Waals surface area contributed by atoms with Gasteiger partial charge in [0.2, 0.25) is 0 Å². The van der Waals surface area contributed by atoms with Crippen molar-refractivity contribution in [3.63, 3.8) is 0 Å². The Hall–Kier alpha value is -1.29. The molecule has 5 heteroatoms. The van der Waals surface area contributed by atoms with E-state index in [1.54, 1.807) is 17.2 Å². The summed E-state index contributed by atoms with van der Waals surface area (Å²) in [5.41, 5.74) is 0.901. The lowest BCUT2D eigenvalue weighted by Gasteiger charge is -2.22. The molecule has 0 aliphatic carbocycles. The molecule has 1 heterocycles. The predicted octanol–water partition coefficient (Wildman–Crippen LogP) is 2.34. The lowest BCUT2D eigenvalue weighted by atomic mass is 10.2. The van der Waals surface area contributed by atoms with E-state index in [-0.39, 0.29) is 6.54 Å². The van der Waals surface area contributed by atoms with Gasteiger partial charge in [-0.1, -0.05) is 18.5 Å². The number of anilines is 1. The number of hydrogen-bond acceptors (Lipinski definition) is 3. The first-order chi connectivity index (χ1) is 7.56. The molecule has 0 amide bonds. The fourth-order valence-electron chi connectivity index (χ4n) is 1.44. The maximum atomic E-state index is 10.7. The first kappa shape index (κ1) is 12.8. The van der Waals surface area contributed by atoms with Crippen LogP contribution in [0.4, 0.5) is 5.82 Å². The smallest absolute Gasteiger partial charge is 0.323 e. The number of aliphatic carboxylic acids is 1. The summed E-state index contributed by atoms with van der Waals surface area (Å²) < 4.78 is 0. The van der Waals surface area contributed by atoms with Gasteiger partial charge in [0.1, 0.15) is 12.4 Å². The van der Waals surface area contributed by atoms with Crippen LogP contribution >= 0.6 is 11.6 Å². The normalized spacial score (nSPS) is 10.2. The average molecular weight is 243 g/mol. The van der Waals surface area contributed by atoms with Crippen LogP contribution in [-0.2, 0) is 4.79 Å². The van der Waals surface area contributed by atoms with Gasteiger partial charge < -0.3 is 10.0 Å². The maximum Gasteiger partial charge on any atom is 0.323 e. The number of carboxylic acids is 1. The van der Waals surface area contributed by atoms with Gasteiger partial charge in [0.05, 0.1) is 5.02 Å². The summed E-state index contributed by atoms with van der Waals surface area (Å²) in [5.74, 6) is -0.335. The Morgan fingerprint density at radius 2 is 2.31 bits per heavy atom. The zero-order valence-corrected chi connectivity index (χ0v) is 10.2. The molecule has 0 aliphatic heterocycles. The summed E-state index contributed by atoms with van der Waals surface area (Å²) in [5, 5.41) is 9.34. The number of pyridine rings is 1. The molecule has 0 saturated heterocycles. The molecule has 0 atom stereocenters. The van der Waals surface area contributed by atoms with Crippen LogP contribution in [0, 0.1) is 6.92 Å². The highest BCUT2D eigenvalue weighted by molar-refractivity contribution is 6.33. The van der Waals surface area contributed by atoms with Gasteiger partial charge in [-0.2, -0.15) is 0 Å². The van der Waals surface area contributed by atoms with Crippen molar-refractivity contribution in [2.75, 3.05) is 18.0 Å². The number of carbonyl (C=O) groups is 1. The zero-order chi connectivity index (χ0) is 12.1. The molecule has 0 aliphatic rings. The molecule has 0 aromatic carbocycles. The van der Waals surface area contributed by atoms with Crippen molar-refractivity contribution in [1.29, 1.82) is 0 Å². The second-order valence-corrected chi connectivity index (χ2v) is 3.96. The standard InChI is InChI=1S/C11H15ClN2O2/c1-3-6-14(7-9(15)16)11-10(12)8(2)4-5-13-11/h4-5H,3,6-7H2,1-2H3,(H,15,16). The molecule has 0 fully saturated rings. The Morgan fingerprint density at radius 3 is 2.88 bits per heavy atom. The number of halogens is 1. The van der Waals surface area contributed by atoms with Crippen LogP contribution < -0.4 is 4.90 Å². The van der Waals surface area contributed by atoms with Crippen molar-refractivity contribution in [3.05, 3.63) is 22.8 Å². The van der Waals surface area contributed by atoms with Crippen LogP contribution in [0.1, 0.15) is 18.9 Å². The largest absolute Gasteiger partial charge is 0.480 e. The van der Waals surface area contributed by atoms with Gasteiger partial charge in [0, 0.05) is 12.7 Å². The number of rotatable bonds is 5. The molecule has 1 N–H and O–H groups in total. The Labute approximate surface area is 99.9 Å². The van der Waals surface area contributed by atoms with Gasteiger partial charge in [-0.25, -0.2) is 4.98 Å². The minimum atomic E-state index is -0.882. The maximum absolute atomic E-state index is 10.7. The summed E-state index contributed by atoms with van der Waals surface area (Å²) in [6, 6.07) is 1.80. The van der Waals surface area contributed by atoms with Crippen molar-refractivity contribution in [2.24, 2.45) is 0 Å². The molecule has 88 valence electrons. The first-order valence-electron chi connectivity index (χ1n) is 5.14. The summed E-state index contributed by atoms with van der Waals surface area (Å²) in [6.07, 6.45) is 2.49. The van der Waals surface area contributed by atoms with E-state index in [2.05, 4.69) is 4.98 Å². The predicted molar refractivity (Wildman–Crippen MR) is 64.1 cm³/mol. The van der Waals surface area contributed by atoms with Gasteiger partial charge in [0.15, 0.2) is 0 Å². The number of carboxylic acid groups (broad SMARTS) is 1. The quantitative estimate of drug-likeness (QED) is 0.861. The van der Waals surface area contributed by atoms with Gasteiger partial charge >= 0.3 is 5.97 Å². The summed E-state index contributed by atoms with van der Waals surface area (Å²) in [6.45, 7) is 4.41. The van der Waals surface area contributed by atoms with E-state index >= 15 is 0 Å². The highest BCUT2D eigenvalue weighted by Crippen LogP contribution is 2.26. The molecule has 1 aromatic rings. The van der Waals surface area contributed by atoms with Crippen molar-refractivity contribution >= 4 is 23.4 Å². The number of nitrogens with zero attached hydrogens (tertiary/aromatic N) is 2. The Kier molecular flexibility index (Phi) is 4.55. The molecule has 0 spiro atoms. The number of aryl methyl sites for hydroxylation is 1. The molecular weight excluding hydrogens is 228 g/mol. The second-order valence-electron chi connectivity index (χ2n) is 3.58. The number of hydrogen-bond donors (Lipinski definition) is 1. The first-order valence-corrected chi connectivity index (χ1v) is 5.52. The van der Waals surface area contributed by atoms with Crippen molar-refractivity contribution < 1.29 is 9.90 Å². The molecule has 1 rings (SSSR count). The molecule has 0 bridgehead atoms. The molecule has 1 aromatic heterocycles. The van der Waals surface area contributed by atoms with E-state index in [1.165, 1.54) is 0 Å². The molecule has 4 nitrogen and oxygen atoms in total. The van der Waals surface area contributed by atoms with Crippen LogP contribution in [0.15, 0.2) is 12.3 Å². The lowest BCUT2D eigenvalue weighted by Crippen LogP contribution is -2.31. The highest BCUT2D eigenvalue weighted by atomic mass is 35.5. The number of aromatic nitrogens is 1. The Balaban J connectivity index is 3.00. The summed E-state index contributed by atoms with van der Waals surface area (Å²) >= 11 is 6.11. The van der Waals surface area contributed by atoms with Gasteiger partial charge in [-0.05, 0) is 25.0 Å². The fraction of sp³-hybridized carbons (Fsp3) is 0.455. The van der Waals surface area contributed by atoms with Crippen molar-refractivity contribution in [3.8, 4) is 0 Å². The van der Waals surface area contributed by atoms with E-state index in [9.17, 15) is 4.79 Å². The molecule has 0 unspecified atom stereocenters. The van der Waals surface area contributed by atoms with E-state index in [0.717, 1.165) is 12.0 Å². The second kappa shape index (κ2) is 5.70. The average Bonchev–Trinajstić information content (AvgIpc) is 2.21. The van der Waals surface area contributed by atoms with E-state index in [1.807, 2.05) is 13.8 Å². The molecular formula is C11H15ClN2O2. The topological polar surface area (TPSA) is 53.4 Å². The lowest BCUT2D eigenvalue weighted by molar-refractivity contribution is -0.135. The highest BCUT2D eigenvalue weighted by Gasteiger charge is 2.15. The van der Waals surface area contributed by atoms with Gasteiger partial charge in [0.25, 0.3) is 0 Å². The zero-order valence-electron chi connectivity index (χ0n) is 9.40. The van der Waals surface area contributed by atoms with Gasteiger partial charge in [-0.15, -0.1) is 0 Å². The minimum Gasteiger partial charge on any atom is -0.480 e. The summed E-state index contributed by atoms with van der Waals surface area (Å²) in [4.78, 5) is 16.6. The Morgan fingerprint density at radius 1 is 1.62 bits per heavy atom. The third-order valence-electron chi connectivity index (χ3n) is 2.18. The van der Waals surface area contributed by atoms with Crippen LogP contribution in [0.3, 0.4) is 0 Å². The van der Waals surface area contributed by atoms with Crippen molar-refractivity contribution in [1.82, 2.24) is 4.98 Å². The van der Waals surface area contributed by atoms with E-state index in [0.29, 0.717) is 17.4 Å². The van der Waals surface area contributed by atoms with Crippen LogP contribution in [-0.4, -0.2) is 29.1 Å². The minimum absolute atomic E-state index is 0.0794. The van der Waals surface area contributed by atoms with Gasteiger partial charge in [-0.3, -0.25) is 4.79 Å². The van der Waals surface area contributed by atoms with Crippen LogP contribution in [0.5, 0.6) is 0 Å². The molecule has 0 radical (unpaired) electrons. The van der Waals surface area contributed by atoms with E-state index in [4.69, 9.17) is 16.7 Å². The third kappa shape index (κ3) is 3.10. The van der Waals surface area contributed by atoms with Crippen molar-refractivity contribution in [2.45, 2.75) is 20.3 Å². The molecule has 16 heavy (non-hydrogen) atoms. The molecule has 0 saturated carbocycles. The van der Waals surface area contributed by atoms with E-state index < -0.39 is 5.97 Å².